The molecule has 0 aliphatic rings. The summed E-state index contributed by atoms with van der Waals surface area (Å²) in [5, 5.41) is 3.56. The normalized spacial score (nSPS) is 11.1. The monoisotopic (exact) mass is 397 g/mol. The Morgan fingerprint density at radius 1 is 1.21 bits per heavy atom. The number of ether oxygens (including phenoxy) is 1. The van der Waals surface area contributed by atoms with Gasteiger partial charge in [0.25, 0.3) is 0 Å². The molecule has 0 spiro atoms. The highest BCUT2D eigenvalue weighted by Gasteiger charge is 2.21. The van der Waals surface area contributed by atoms with Crippen molar-refractivity contribution in [3.63, 3.8) is 0 Å². The lowest BCUT2D eigenvalue weighted by atomic mass is 10.1. The van der Waals surface area contributed by atoms with Crippen LogP contribution < -0.4 is 10.7 Å². The van der Waals surface area contributed by atoms with Gasteiger partial charge in [0, 0.05) is 11.0 Å². The Labute approximate surface area is 165 Å². The highest BCUT2D eigenvalue weighted by Crippen LogP contribution is 2.32. The molecule has 0 fully saturated rings. The van der Waals surface area contributed by atoms with E-state index in [1.165, 1.54) is 36.9 Å². The number of aryl methyl sites for hydroxylation is 2. The van der Waals surface area contributed by atoms with Gasteiger partial charge in [-0.3, -0.25) is 9.59 Å². The molecule has 28 heavy (non-hydrogen) atoms. The molecule has 6 nitrogen and oxygen atoms in total. The summed E-state index contributed by atoms with van der Waals surface area (Å²) in [6, 6.07) is 5.35. The van der Waals surface area contributed by atoms with Gasteiger partial charge < -0.3 is 14.5 Å². The van der Waals surface area contributed by atoms with Gasteiger partial charge in [0.15, 0.2) is 5.43 Å². The molecule has 3 aromatic rings. The molecule has 0 saturated carbocycles. The number of fused-ring (bicyclic) bond motifs is 1. The number of amides is 1. The summed E-state index contributed by atoms with van der Waals surface area (Å²) in [6.07, 6.45) is 3.95. The fraction of sp³-hybridized carbons (Fsp3) is 0.190. The number of thiophene rings is 1. The Balaban J connectivity index is 1.87. The van der Waals surface area contributed by atoms with Crippen LogP contribution in [0.1, 0.15) is 31.9 Å². The second-order valence-corrected chi connectivity index (χ2v) is 7.55. The predicted octanol–water partition coefficient (Wildman–Crippen LogP) is 4.22. The third-order valence-corrected chi connectivity index (χ3v) is 5.50. The molecule has 2 aromatic heterocycles. The Bertz CT molecular complexity index is 1170. The summed E-state index contributed by atoms with van der Waals surface area (Å²) in [5.41, 5.74) is 2.59. The van der Waals surface area contributed by atoms with Crippen molar-refractivity contribution in [1.82, 2.24) is 0 Å². The molecule has 0 saturated heterocycles. The van der Waals surface area contributed by atoms with E-state index in [4.69, 9.17) is 9.15 Å². The lowest BCUT2D eigenvalue weighted by Gasteiger charge is -2.04. The number of benzene rings is 1. The number of carbonyl (C=O) groups is 2. The predicted molar refractivity (Wildman–Crippen MR) is 110 cm³/mol. The molecule has 7 heteroatoms. The molecule has 0 aliphatic heterocycles. The van der Waals surface area contributed by atoms with E-state index in [9.17, 15) is 14.4 Å². The maximum atomic E-state index is 12.6. The molecule has 0 aliphatic carbocycles. The maximum Gasteiger partial charge on any atom is 0.341 e. The van der Waals surface area contributed by atoms with E-state index in [0.29, 0.717) is 21.5 Å². The van der Waals surface area contributed by atoms with E-state index in [2.05, 4.69) is 5.32 Å². The Morgan fingerprint density at radius 2 is 1.96 bits per heavy atom. The van der Waals surface area contributed by atoms with Gasteiger partial charge in [-0.2, -0.15) is 0 Å². The highest BCUT2D eigenvalue weighted by molar-refractivity contribution is 7.16. The first-order valence-electron chi connectivity index (χ1n) is 8.51. The summed E-state index contributed by atoms with van der Waals surface area (Å²) in [7, 11) is 1.29. The average molecular weight is 397 g/mol. The van der Waals surface area contributed by atoms with Gasteiger partial charge in [0.2, 0.25) is 5.91 Å². The van der Waals surface area contributed by atoms with Crippen molar-refractivity contribution in [1.29, 1.82) is 0 Å². The van der Waals surface area contributed by atoms with Crippen molar-refractivity contribution in [2.75, 3.05) is 12.4 Å². The van der Waals surface area contributed by atoms with E-state index in [-0.39, 0.29) is 11.0 Å². The highest BCUT2D eigenvalue weighted by atomic mass is 32.1. The summed E-state index contributed by atoms with van der Waals surface area (Å²) >= 11 is 1.29. The molecule has 1 aromatic carbocycles. The SMILES string of the molecule is COC(=O)c1c(NC(=O)/C=C/c2coc3ccc(C)cc3c2=O)sc(C)c1C. The first kappa shape index (κ1) is 19.6. The fourth-order valence-electron chi connectivity index (χ4n) is 2.76. The number of methoxy groups -OCH3 is 1. The molecule has 1 N–H and O–H groups in total. The lowest BCUT2D eigenvalue weighted by molar-refractivity contribution is -0.111. The Morgan fingerprint density at radius 3 is 2.68 bits per heavy atom. The third kappa shape index (κ3) is 3.75. The van der Waals surface area contributed by atoms with Crippen molar-refractivity contribution in [3.05, 3.63) is 67.9 Å². The van der Waals surface area contributed by atoms with Crippen LogP contribution in [0.15, 0.2) is 39.7 Å². The topological polar surface area (TPSA) is 85.6 Å². The summed E-state index contributed by atoms with van der Waals surface area (Å²) < 4.78 is 10.3. The van der Waals surface area contributed by atoms with Crippen LogP contribution in [0, 0.1) is 20.8 Å². The first-order valence-corrected chi connectivity index (χ1v) is 9.33. The van der Waals surface area contributed by atoms with Gasteiger partial charge in [-0.1, -0.05) is 11.6 Å². The van der Waals surface area contributed by atoms with Crippen LogP contribution in [0.25, 0.3) is 17.0 Å². The van der Waals surface area contributed by atoms with E-state index in [1.807, 2.05) is 19.9 Å². The zero-order valence-electron chi connectivity index (χ0n) is 15.9. The van der Waals surface area contributed by atoms with Crippen LogP contribution in [-0.4, -0.2) is 19.0 Å². The van der Waals surface area contributed by atoms with Crippen LogP contribution in [-0.2, 0) is 9.53 Å². The van der Waals surface area contributed by atoms with Gasteiger partial charge >= 0.3 is 5.97 Å². The van der Waals surface area contributed by atoms with Crippen molar-refractivity contribution in [2.45, 2.75) is 20.8 Å². The molecule has 0 radical (unpaired) electrons. The number of esters is 1. The quantitative estimate of drug-likeness (QED) is 0.526. The molecule has 1 amide bonds. The zero-order valence-corrected chi connectivity index (χ0v) is 16.7. The summed E-state index contributed by atoms with van der Waals surface area (Å²) in [5.74, 6) is -0.971. The van der Waals surface area contributed by atoms with Crippen LogP contribution in [0.3, 0.4) is 0 Å². The molecular formula is C21H19NO5S. The second kappa shape index (κ2) is 7.82. The fourth-order valence-corrected chi connectivity index (χ4v) is 3.81. The minimum absolute atomic E-state index is 0.216. The minimum Gasteiger partial charge on any atom is -0.465 e. The Kier molecular flexibility index (Phi) is 5.46. The van der Waals surface area contributed by atoms with Gasteiger partial charge in [-0.25, -0.2) is 4.79 Å². The standard InChI is InChI=1S/C21H19NO5S/c1-11-5-7-16-15(9-11)19(24)14(10-27-16)6-8-17(23)22-20-18(21(25)26-4)12(2)13(3)28-20/h5-10H,1-4H3,(H,22,23)/b8-6+. The van der Waals surface area contributed by atoms with E-state index in [1.54, 1.807) is 19.1 Å². The first-order chi connectivity index (χ1) is 13.3. The van der Waals surface area contributed by atoms with E-state index < -0.39 is 11.9 Å². The zero-order chi connectivity index (χ0) is 20.4. The third-order valence-electron chi connectivity index (χ3n) is 4.38. The second-order valence-electron chi connectivity index (χ2n) is 6.32. The number of rotatable bonds is 4. The minimum atomic E-state index is -0.508. The smallest absolute Gasteiger partial charge is 0.341 e. The van der Waals surface area contributed by atoms with Crippen molar-refractivity contribution < 1.29 is 18.7 Å². The number of nitrogens with one attached hydrogen (secondary N) is 1. The molecule has 0 unspecified atom stereocenters. The van der Waals surface area contributed by atoms with Crippen LogP contribution in [0.5, 0.6) is 0 Å². The van der Waals surface area contributed by atoms with E-state index >= 15 is 0 Å². The van der Waals surface area contributed by atoms with Crippen molar-refractivity contribution >= 4 is 45.3 Å². The average Bonchev–Trinajstić information content (AvgIpc) is 2.94. The Hall–Kier alpha value is -3.19. The number of hydrogen-bond donors (Lipinski definition) is 1. The number of anilines is 1. The molecular weight excluding hydrogens is 378 g/mol. The van der Waals surface area contributed by atoms with Gasteiger partial charge in [-0.05, 0) is 44.5 Å². The van der Waals surface area contributed by atoms with E-state index in [0.717, 1.165) is 16.0 Å². The van der Waals surface area contributed by atoms with Crippen molar-refractivity contribution in [2.24, 2.45) is 0 Å². The largest absolute Gasteiger partial charge is 0.465 e. The van der Waals surface area contributed by atoms with Crippen LogP contribution in [0.2, 0.25) is 0 Å². The van der Waals surface area contributed by atoms with Crippen LogP contribution >= 0.6 is 11.3 Å². The lowest BCUT2D eigenvalue weighted by Crippen LogP contribution is -2.12. The summed E-state index contributed by atoms with van der Waals surface area (Å²) in [4.78, 5) is 37.8. The molecule has 0 bridgehead atoms. The van der Waals surface area contributed by atoms with Gasteiger partial charge in [-0.15, -0.1) is 11.3 Å². The van der Waals surface area contributed by atoms with Crippen LogP contribution in [0.4, 0.5) is 5.00 Å². The van der Waals surface area contributed by atoms with Gasteiger partial charge in [0.05, 0.1) is 23.6 Å². The molecule has 3 rings (SSSR count). The summed E-state index contributed by atoms with van der Waals surface area (Å²) in [6.45, 7) is 5.55. The molecule has 2 heterocycles. The molecule has 144 valence electrons. The molecule has 0 atom stereocenters. The maximum absolute atomic E-state index is 12.6. The number of hydrogen-bond acceptors (Lipinski definition) is 6. The van der Waals surface area contributed by atoms with Crippen molar-refractivity contribution in [3.8, 4) is 0 Å². The van der Waals surface area contributed by atoms with Gasteiger partial charge in [0.1, 0.15) is 16.8 Å². The number of carbonyl (C=O) groups excluding carboxylic acids is 2.